The fraction of sp³-hybridized carbons (Fsp3) is 0.269. The minimum Gasteiger partial charge on any atom is -0.459 e. The molecule has 0 bridgehead atoms. The summed E-state index contributed by atoms with van der Waals surface area (Å²) in [4.78, 5) is 39.8. The summed E-state index contributed by atoms with van der Waals surface area (Å²) in [6, 6.07) is 18.4. The van der Waals surface area contributed by atoms with Gasteiger partial charge in [-0.1, -0.05) is 30.3 Å². The zero-order chi connectivity index (χ0) is 24.5. The summed E-state index contributed by atoms with van der Waals surface area (Å²) in [5, 5.41) is 5.31. The Morgan fingerprint density at radius 3 is 2.26 bits per heavy atom. The first-order valence-corrected chi connectivity index (χ1v) is 11.1. The van der Waals surface area contributed by atoms with Crippen molar-refractivity contribution in [3.05, 3.63) is 84.3 Å². The number of esters is 1. The predicted octanol–water partition coefficient (Wildman–Crippen LogP) is 4.17. The van der Waals surface area contributed by atoms with E-state index in [4.69, 9.17) is 9.15 Å². The van der Waals surface area contributed by atoms with Gasteiger partial charge in [0.2, 0.25) is 0 Å². The fourth-order valence-electron chi connectivity index (χ4n) is 3.53. The molecular formula is C26H29N3O5. The normalized spacial score (nSPS) is 11.5. The molecule has 2 N–H and O–H groups in total. The van der Waals surface area contributed by atoms with Crippen molar-refractivity contribution in [1.82, 2.24) is 5.32 Å². The molecule has 0 radical (unpaired) electrons. The Labute approximate surface area is 198 Å². The van der Waals surface area contributed by atoms with Crippen LogP contribution in [0.4, 0.5) is 11.4 Å². The number of furan rings is 1. The highest BCUT2D eigenvalue weighted by Crippen LogP contribution is 2.20. The van der Waals surface area contributed by atoms with Gasteiger partial charge in [-0.05, 0) is 62.7 Å². The molecule has 0 aliphatic rings. The average molecular weight is 464 g/mol. The van der Waals surface area contributed by atoms with E-state index in [0.717, 1.165) is 12.2 Å². The molecule has 0 saturated heterocycles. The monoisotopic (exact) mass is 463 g/mol. The van der Waals surface area contributed by atoms with E-state index in [9.17, 15) is 14.4 Å². The number of benzene rings is 2. The molecule has 0 saturated carbocycles. The van der Waals surface area contributed by atoms with Gasteiger partial charge in [-0.25, -0.2) is 4.79 Å². The second kappa shape index (κ2) is 11.7. The largest absolute Gasteiger partial charge is 0.459 e. The summed E-state index contributed by atoms with van der Waals surface area (Å²) < 4.78 is 10.3. The first kappa shape index (κ1) is 24.6. The molecule has 0 spiro atoms. The van der Waals surface area contributed by atoms with Crippen molar-refractivity contribution in [2.24, 2.45) is 0 Å². The van der Waals surface area contributed by atoms with E-state index in [2.05, 4.69) is 36.3 Å². The molecule has 3 rings (SSSR count). The van der Waals surface area contributed by atoms with Gasteiger partial charge in [-0.3, -0.25) is 9.59 Å². The number of carbonyl (C=O) groups is 3. The van der Waals surface area contributed by atoms with E-state index in [-0.39, 0.29) is 5.76 Å². The molecule has 1 unspecified atom stereocenters. The lowest BCUT2D eigenvalue weighted by molar-refractivity contribution is -0.149. The number of nitrogens with one attached hydrogen (secondary N) is 2. The van der Waals surface area contributed by atoms with Crippen LogP contribution in [0.3, 0.4) is 0 Å². The molecule has 2 amide bonds. The zero-order valence-electron chi connectivity index (χ0n) is 19.5. The number of amides is 2. The van der Waals surface area contributed by atoms with Gasteiger partial charge in [0.1, 0.15) is 0 Å². The van der Waals surface area contributed by atoms with Gasteiger partial charge < -0.3 is 24.7 Å². The van der Waals surface area contributed by atoms with Crippen LogP contribution in [-0.2, 0) is 14.3 Å². The Morgan fingerprint density at radius 2 is 1.68 bits per heavy atom. The molecular weight excluding hydrogens is 434 g/mol. The number of hydrogen-bond donors (Lipinski definition) is 2. The van der Waals surface area contributed by atoms with Gasteiger partial charge in [-0.2, -0.15) is 0 Å². The number of rotatable bonds is 10. The third-order valence-electron chi connectivity index (χ3n) is 5.18. The Bertz CT molecular complexity index is 1080. The van der Waals surface area contributed by atoms with Crippen molar-refractivity contribution in [3.8, 4) is 0 Å². The maximum absolute atomic E-state index is 12.8. The summed E-state index contributed by atoms with van der Waals surface area (Å²) in [7, 11) is 0. The molecule has 0 aliphatic carbocycles. The van der Waals surface area contributed by atoms with E-state index in [1.165, 1.54) is 12.3 Å². The summed E-state index contributed by atoms with van der Waals surface area (Å²) in [6.07, 6.45) is 1.37. The number of nitrogens with zero attached hydrogens (tertiary/aromatic N) is 1. The first-order chi connectivity index (χ1) is 16.4. The zero-order valence-corrected chi connectivity index (χ0v) is 19.5. The lowest BCUT2D eigenvalue weighted by atomic mass is 10.1. The van der Waals surface area contributed by atoms with Gasteiger partial charge in [0.15, 0.2) is 18.4 Å². The minimum atomic E-state index is -1.10. The number of anilines is 2. The van der Waals surface area contributed by atoms with Gasteiger partial charge in [-0.15, -0.1) is 0 Å². The van der Waals surface area contributed by atoms with Gasteiger partial charge in [0, 0.05) is 24.0 Å². The summed E-state index contributed by atoms with van der Waals surface area (Å²) in [6.45, 7) is 6.70. The molecule has 8 nitrogen and oxygen atoms in total. The van der Waals surface area contributed by atoms with Crippen molar-refractivity contribution in [3.63, 3.8) is 0 Å². The number of ether oxygens (including phenoxy) is 1. The molecule has 1 heterocycles. The third kappa shape index (κ3) is 6.48. The molecule has 178 valence electrons. The molecule has 1 atom stereocenters. The van der Waals surface area contributed by atoms with Crippen molar-refractivity contribution >= 4 is 29.2 Å². The second-order valence-electron chi connectivity index (χ2n) is 7.88. The first-order valence-electron chi connectivity index (χ1n) is 11.1. The summed E-state index contributed by atoms with van der Waals surface area (Å²) >= 11 is 0. The maximum Gasteiger partial charge on any atom is 0.333 e. The van der Waals surface area contributed by atoms with Gasteiger partial charge >= 0.3 is 5.97 Å². The van der Waals surface area contributed by atoms with Crippen LogP contribution in [0.1, 0.15) is 42.9 Å². The molecule has 1 aromatic heterocycles. The molecule has 8 heteroatoms. The Kier molecular flexibility index (Phi) is 8.45. The van der Waals surface area contributed by atoms with Crippen LogP contribution in [-0.4, -0.2) is 37.0 Å². The fourth-order valence-corrected chi connectivity index (χ4v) is 3.53. The van der Waals surface area contributed by atoms with E-state index < -0.39 is 30.4 Å². The van der Waals surface area contributed by atoms with Crippen LogP contribution in [0.25, 0.3) is 0 Å². The smallest absolute Gasteiger partial charge is 0.333 e. The van der Waals surface area contributed by atoms with E-state index in [1.54, 1.807) is 48.5 Å². The quantitative estimate of drug-likeness (QED) is 0.438. The number of hydrogen-bond acceptors (Lipinski definition) is 6. The maximum atomic E-state index is 12.8. The number of carbonyl (C=O) groups excluding carboxylic acids is 3. The topological polar surface area (TPSA) is 101 Å². The highest BCUT2D eigenvalue weighted by atomic mass is 16.5. The SMILES string of the molecule is CCN(c1ccc(NC(=O)COC(=O)C(NC(=O)c2ccco2)c2ccccc2)cc1)C(C)C. The van der Waals surface area contributed by atoms with Gasteiger partial charge in [0.25, 0.3) is 11.8 Å². The second-order valence-corrected chi connectivity index (χ2v) is 7.88. The van der Waals surface area contributed by atoms with Crippen molar-refractivity contribution in [2.45, 2.75) is 32.9 Å². The van der Waals surface area contributed by atoms with Crippen LogP contribution in [0, 0.1) is 0 Å². The molecule has 2 aromatic carbocycles. The van der Waals surface area contributed by atoms with E-state index in [0.29, 0.717) is 17.3 Å². The lowest BCUT2D eigenvalue weighted by Gasteiger charge is -2.27. The Morgan fingerprint density at radius 1 is 0.971 bits per heavy atom. The van der Waals surface area contributed by atoms with Crippen LogP contribution >= 0.6 is 0 Å². The molecule has 34 heavy (non-hydrogen) atoms. The van der Waals surface area contributed by atoms with E-state index in [1.807, 2.05) is 12.1 Å². The lowest BCUT2D eigenvalue weighted by Crippen LogP contribution is -2.36. The molecule has 3 aromatic rings. The molecule has 0 fully saturated rings. The van der Waals surface area contributed by atoms with E-state index >= 15 is 0 Å². The van der Waals surface area contributed by atoms with Crippen LogP contribution in [0.2, 0.25) is 0 Å². The van der Waals surface area contributed by atoms with Crippen LogP contribution < -0.4 is 15.5 Å². The van der Waals surface area contributed by atoms with Crippen LogP contribution in [0.5, 0.6) is 0 Å². The summed E-state index contributed by atoms with van der Waals surface area (Å²) in [5.74, 6) is -1.74. The van der Waals surface area contributed by atoms with Gasteiger partial charge in [0.05, 0.1) is 6.26 Å². The minimum absolute atomic E-state index is 0.0639. The highest BCUT2D eigenvalue weighted by molar-refractivity contribution is 5.96. The van der Waals surface area contributed by atoms with Crippen molar-refractivity contribution in [1.29, 1.82) is 0 Å². The molecule has 0 aliphatic heterocycles. The summed E-state index contributed by atoms with van der Waals surface area (Å²) in [5.41, 5.74) is 2.17. The Hall–Kier alpha value is -4.07. The average Bonchev–Trinajstić information content (AvgIpc) is 3.38. The van der Waals surface area contributed by atoms with Crippen molar-refractivity contribution in [2.75, 3.05) is 23.4 Å². The van der Waals surface area contributed by atoms with Crippen molar-refractivity contribution < 1.29 is 23.5 Å². The van der Waals surface area contributed by atoms with Crippen LogP contribution in [0.15, 0.2) is 77.4 Å². The third-order valence-corrected chi connectivity index (χ3v) is 5.18. The Balaban J connectivity index is 1.60. The predicted molar refractivity (Wildman–Crippen MR) is 130 cm³/mol. The highest BCUT2D eigenvalue weighted by Gasteiger charge is 2.26. The standard InChI is InChI=1S/C26H29N3O5/c1-4-29(18(2)3)21-14-12-20(13-15-21)27-23(30)17-34-26(32)24(19-9-6-5-7-10-19)28-25(31)22-11-8-16-33-22/h5-16,18,24H,4,17H2,1-3H3,(H,27,30)(H,28,31).